The molecule has 8 heteroatoms. The normalized spacial score (nSPS) is 10.8. The van der Waals surface area contributed by atoms with Gasteiger partial charge in [0.1, 0.15) is 24.6 Å². The molecule has 0 radical (unpaired) electrons. The minimum Gasteiger partial charge on any atom is -0.493 e. The van der Waals surface area contributed by atoms with Crippen LogP contribution in [0, 0.1) is 0 Å². The van der Waals surface area contributed by atoms with Crippen LogP contribution in [0.1, 0.15) is 21.8 Å². The molecule has 0 atom stereocenters. The van der Waals surface area contributed by atoms with Crippen molar-refractivity contribution in [2.24, 2.45) is 0 Å². The molecule has 176 valence electrons. The third-order valence-electron chi connectivity index (χ3n) is 5.30. The summed E-state index contributed by atoms with van der Waals surface area (Å²) in [6, 6.07) is 22.1. The van der Waals surface area contributed by atoms with Crippen molar-refractivity contribution >= 4 is 17.2 Å². The third kappa shape index (κ3) is 5.11. The molecule has 0 aliphatic rings. The van der Waals surface area contributed by atoms with Gasteiger partial charge in [0.25, 0.3) is 5.91 Å². The Hall–Kier alpha value is -4.72. The lowest BCUT2D eigenvalue weighted by Crippen LogP contribution is -2.14. The third-order valence-corrected chi connectivity index (χ3v) is 5.30. The number of anilines is 1. The summed E-state index contributed by atoms with van der Waals surface area (Å²) in [4.78, 5) is 17.4. The standard InChI is InChI=1S/C27H23N3O5/c1-32-23-11-10-20(15-24(23)35-18-21-16-30-13-6-5-9-25(30)28-21)29-27(31)26-19(12-14-33-26)17-34-22-7-3-2-4-8-22/h2-16H,17-18H2,1H3,(H,29,31). The predicted octanol–water partition coefficient (Wildman–Crippen LogP) is 5.35. The highest BCUT2D eigenvalue weighted by Gasteiger charge is 2.17. The Bertz CT molecular complexity index is 1410. The summed E-state index contributed by atoms with van der Waals surface area (Å²) in [5.74, 6) is 1.53. The molecule has 0 spiro atoms. The number of furan rings is 1. The molecule has 8 nitrogen and oxygen atoms in total. The van der Waals surface area contributed by atoms with E-state index in [2.05, 4.69) is 10.3 Å². The van der Waals surface area contributed by atoms with E-state index >= 15 is 0 Å². The van der Waals surface area contributed by atoms with E-state index in [1.807, 2.05) is 65.3 Å². The monoisotopic (exact) mass is 469 g/mol. The SMILES string of the molecule is COc1ccc(NC(=O)c2occc2COc2ccccc2)cc1OCc1cn2ccccc2n1. The number of nitrogens with zero attached hydrogens (tertiary/aromatic N) is 2. The van der Waals surface area contributed by atoms with Crippen molar-refractivity contribution in [2.45, 2.75) is 13.2 Å². The van der Waals surface area contributed by atoms with Gasteiger partial charge < -0.3 is 28.3 Å². The molecule has 0 aliphatic heterocycles. The largest absolute Gasteiger partial charge is 0.493 e. The summed E-state index contributed by atoms with van der Waals surface area (Å²) in [5.41, 5.74) is 2.78. The molecule has 0 fully saturated rings. The van der Waals surface area contributed by atoms with Crippen LogP contribution < -0.4 is 19.5 Å². The van der Waals surface area contributed by atoms with Crippen molar-refractivity contribution < 1.29 is 23.4 Å². The number of imidazole rings is 1. The van der Waals surface area contributed by atoms with E-state index in [0.717, 1.165) is 11.3 Å². The van der Waals surface area contributed by atoms with Crippen molar-refractivity contribution in [1.29, 1.82) is 0 Å². The lowest BCUT2D eigenvalue weighted by atomic mass is 10.2. The smallest absolute Gasteiger partial charge is 0.291 e. The van der Waals surface area contributed by atoms with Gasteiger partial charge in [-0.25, -0.2) is 4.98 Å². The topological polar surface area (TPSA) is 87.2 Å². The Morgan fingerprint density at radius 3 is 2.66 bits per heavy atom. The number of pyridine rings is 1. The molecule has 1 N–H and O–H groups in total. The Balaban J connectivity index is 1.27. The highest BCUT2D eigenvalue weighted by molar-refractivity contribution is 6.03. The molecule has 0 saturated carbocycles. The number of rotatable bonds is 9. The van der Waals surface area contributed by atoms with Crippen LogP contribution in [0.2, 0.25) is 0 Å². The molecule has 0 aliphatic carbocycles. The number of carbonyl (C=O) groups excluding carboxylic acids is 1. The number of para-hydroxylation sites is 1. The van der Waals surface area contributed by atoms with E-state index in [-0.39, 0.29) is 19.0 Å². The molecular formula is C27H23N3O5. The highest BCUT2D eigenvalue weighted by atomic mass is 16.5. The van der Waals surface area contributed by atoms with Gasteiger partial charge in [-0.3, -0.25) is 4.79 Å². The Kier molecular flexibility index (Phi) is 6.34. The molecule has 3 heterocycles. The van der Waals surface area contributed by atoms with Crippen molar-refractivity contribution in [3.63, 3.8) is 0 Å². The maximum Gasteiger partial charge on any atom is 0.291 e. The lowest BCUT2D eigenvalue weighted by molar-refractivity contribution is 0.0993. The summed E-state index contributed by atoms with van der Waals surface area (Å²) >= 11 is 0. The van der Waals surface area contributed by atoms with Crippen molar-refractivity contribution in [3.05, 3.63) is 108 Å². The van der Waals surface area contributed by atoms with Gasteiger partial charge in [0.2, 0.25) is 0 Å². The number of carbonyl (C=O) groups is 1. The van der Waals surface area contributed by atoms with E-state index < -0.39 is 5.91 Å². The zero-order chi connectivity index (χ0) is 24.0. The van der Waals surface area contributed by atoms with Crippen molar-refractivity contribution in [1.82, 2.24) is 9.38 Å². The Labute approximate surface area is 201 Å². The van der Waals surface area contributed by atoms with E-state index in [9.17, 15) is 4.79 Å². The molecule has 1 amide bonds. The fraction of sp³-hybridized carbons (Fsp3) is 0.111. The van der Waals surface area contributed by atoms with Crippen LogP contribution in [-0.2, 0) is 13.2 Å². The molecule has 0 bridgehead atoms. The predicted molar refractivity (Wildman–Crippen MR) is 130 cm³/mol. The van der Waals surface area contributed by atoms with Gasteiger partial charge in [-0.15, -0.1) is 0 Å². The first kappa shape index (κ1) is 22.1. The van der Waals surface area contributed by atoms with E-state index in [0.29, 0.717) is 28.5 Å². The number of amides is 1. The fourth-order valence-electron chi connectivity index (χ4n) is 3.59. The van der Waals surface area contributed by atoms with Gasteiger partial charge in [-0.2, -0.15) is 0 Å². The van der Waals surface area contributed by atoms with Gasteiger partial charge in [0.15, 0.2) is 17.3 Å². The van der Waals surface area contributed by atoms with Crippen molar-refractivity contribution in [2.75, 3.05) is 12.4 Å². The zero-order valence-electron chi connectivity index (χ0n) is 19.0. The van der Waals surface area contributed by atoms with Crippen LogP contribution in [0.15, 0.2) is 95.9 Å². The van der Waals surface area contributed by atoms with Gasteiger partial charge in [0.05, 0.1) is 19.1 Å². The molecule has 5 rings (SSSR count). The van der Waals surface area contributed by atoms with Gasteiger partial charge in [0, 0.05) is 29.7 Å². The number of benzene rings is 2. The quantitative estimate of drug-likeness (QED) is 0.313. The Morgan fingerprint density at radius 1 is 0.971 bits per heavy atom. The number of hydrogen-bond acceptors (Lipinski definition) is 6. The summed E-state index contributed by atoms with van der Waals surface area (Å²) in [6.07, 6.45) is 5.30. The summed E-state index contributed by atoms with van der Waals surface area (Å²) in [5, 5.41) is 2.85. The molecule has 2 aromatic carbocycles. The van der Waals surface area contributed by atoms with E-state index in [4.69, 9.17) is 18.6 Å². The number of ether oxygens (including phenoxy) is 3. The number of fused-ring (bicyclic) bond motifs is 1. The lowest BCUT2D eigenvalue weighted by Gasteiger charge is -2.12. The first-order valence-electron chi connectivity index (χ1n) is 11.0. The van der Waals surface area contributed by atoms with Crippen LogP contribution >= 0.6 is 0 Å². The number of nitrogens with one attached hydrogen (secondary N) is 1. The summed E-state index contributed by atoms with van der Waals surface area (Å²) in [6.45, 7) is 0.452. The summed E-state index contributed by atoms with van der Waals surface area (Å²) < 4.78 is 24.5. The van der Waals surface area contributed by atoms with Crippen LogP contribution in [0.5, 0.6) is 17.2 Å². The fourth-order valence-corrected chi connectivity index (χ4v) is 3.59. The van der Waals surface area contributed by atoms with Crippen molar-refractivity contribution in [3.8, 4) is 17.2 Å². The average Bonchev–Trinajstić information content (AvgIpc) is 3.54. The van der Waals surface area contributed by atoms with Crippen LogP contribution in [0.3, 0.4) is 0 Å². The first-order valence-corrected chi connectivity index (χ1v) is 11.0. The molecule has 35 heavy (non-hydrogen) atoms. The minimum atomic E-state index is -0.391. The maximum absolute atomic E-state index is 12.9. The zero-order valence-corrected chi connectivity index (χ0v) is 19.0. The van der Waals surface area contributed by atoms with Crippen LogP contribution in [0.4, 0.5) is 5.69 Å². The molecule has 0 saturated heterocycles. The summed E-state index contributed by atoms with van der Waals surface area (Å²) in [7, 11) is 1.56. The molecule has 0 unspecified atom stereocenters. The number of aromatic nitrogens is 2. The average molecular weight is 469 g/mol. The molecule has 3 aromatic heterocycles. The number of hydrogen-bond donors (Lipinski definition) is 1. The van der Waals surface area contributed by atoms with Crippen LogP contribution in [-0.4, -0.2) is 22.4 Å². The first-order chi connectivity index (χ1) is 17.2. The van der Waals surface area contributed by atoms with E-state index in [1.165, 1.54) is 6.26 Å². The minimum absolute atomic E-state index is 0.184. The number of methoxy groups -OCH3 is 1. The Morgan fingerprint density at radius 2 is 1.83 bits per heavy atom. The van der Waals surface area contributed by atoms with Gasteiger partial charge >= 0.3 is 0 Å². The molecular weight excluding hydrogens is 446 g/mol. The second-order valence-corrected chi connectivity index (χ2v) is 7.68. The highest BCUT2D eigenvalue weighted by Crippen LogP contribution is 2.31. The van der Waals surface area contributed by atoms with Gasteiger partial charge in [-0.05, 0) is 42.5 Å². The van der Waals surface area contributed by atoms with Crippen LogP contribution in [0.25, 0.3) is 5.65 Å². The molecule has 5 aromatic rings. The second kappa shape index (κ2) is 10.0. The van der Waals surface area contributed by atoms with Gasteiger partial charge in [-0.1, -0.05) is 24.3 Å². The maximum atomic E-state index is 12.9. The van der Waals surface area contributed by atoms with E-state index in [1.54, 1.807) is 31.4 Å². The second-order valence-electron chi connectivity index (χ2n) is 7.68.